The molecule has 0 radical (unpaired) electrons. The minimum absolute atomic E-state index is 0.322. The summed E-state index contributed by atoms with van der Waals surface area (Å²) in [5, 5.41) is 3.64. The highest BCUT2D eigenvalue weighted by Gasteiger charge is 2.04. The van der Waals surface area contributed by atoms with Crippen LogP contribution in [-0.2, 0) is 6.54 Å². The number of nitrogens with one attached hydrogen (secondary N) is 1. The van der Waals surface area contributed by atoms with Crippen molar-refractivity contribution >= 4 is 17.3 Å². The molecule has 0 amide bonds. The molecule has 0 bridgehead atoms. The Bertz CT molecular complexity index is 546. The molecular formula is C15H15ClFN. The second-order valence-corrected chi connectivity index (χ2v) is 4.76. The molecule has 2 aromatic carbocycles. The summed E-state index contributed by atoms with van der Waals surface area (Å²) < 4.78 is 12.9. The van der Waals surface area contributed by atoms with E-state index in [2.05, 4.69) is 31.3 Å². The van der Waals surface area contributed by atoms with Gasteiger partial charge in [-0.3, -0.25) is 0 Å². The molecule has 0 saturated heterocycles. The maximum absolute atomic E-state index is 12.9. The number of hydrogen-bond donors (Lipinski definition) is 1. The Labute approximate surface area is 112 Å². The van der Waals surface area contributed by atoms with Crippen LogP contribution in [0, 0.1) is 19.7 Å². The molecule has 2 rings (SSSR count). The van der Waals surface area contributed by atoms with Crippen LogP contribution in [-0.4, -0.2) is 0 Å². The van der Waals surface area contributed by atoms with Gasteiger partial charge in [-0.05, 0) is 48.7 Å². The van der Waals surface area contributed by atoms with Crippen LogP contribution in [0.4, 0.5) is 10.1 Å². The molecule has 0 aliphatic heterocycles. The van der Waals surface area contributed by atoms with Gasteiger partial charge in [-0.25, -0.2) is 4.39 Å². The van der Waals surface area contributed by atoms with Crippen LogP contribution in [0.3, 0.4) is 0 Å². The third-order valence-corrected chi connectivity index (χ3v) is 3.34. The van der Waals surface area contributed by atoms with Gasteiger partial charge in [0.05, 0.1) is 10.7 Å². The molecule has 3 heteroatoms. The summed E-state index contributed by atoms with van der Waals surface area (Å²) in [7, 11) is 0. The number of rotatable bonds is 3. The van der Waals surface area contributed by atoms with Gasteiger partial charge in [0, 0.05) is 6.54 Å². The van der Waals surface area contributed by atoms with E-state index in [4.69, 9.17) is 11.6 Å². The molecule has 0 heterocycles. The Hall–Kier alpha value is -1.54. The number of benzene rings is 2. The van der Waals surface area contributed by atoms with Crippen LogP contribution in [0.25, 0.3) is 0 Å². The van der Waals surface area contributed by atoms with Gasteiger partial charge in [0.2, 0.25) is 0 Å². The lowest BCUT2D eigenvalue weighted by Crippen LogP contribution is -2.04. The molecule has 0 unspecified atom stereocenters. The fraction of sp³-hybridized carbons (Fsp3) is 0.200. The Morgan fingerprint density at radius 2 is 1.78 bits per heavy atom. The Morgan fingerprint density at radius 3 is 2.39 bits per heavy atom. The smallest absolute Gasteiger partial charge is 0.124 e. The minimum Gasteiger partial charge on any atom is -0.380 e. The maximum atomic E-state index is 12.9. The van der Waals surface area contributed by atoms with Crippen LogP contribution in [0.2, 0.25) is 5.02 Å². The second-order valence-electron chi connectivity index (χ2n) is 4.35. The summed E-state index contributed by atoms with van der Waals surface area (Å²) >= 11 is 5.97. The molecule has 0 aromatic heterocycles. The predicted octanol–water partition coefficient (Wildman–Crippen LogP) is 4.71. The number of anilines is 1. The first-order valence-electron chi connectivity index (χ1n) is 5.82. The number of aryl methyl sites for hydroxylation is 2. The Kier molecular flexibility index (Phi) is 3.87. The van der Waals surface area contributed by atoms with Gasteiger partial charge in [-0.1, -0.05) is 29.8 Å². The van der Waals surface area contributed by atoms with Crippen molar-refractivity contribution in [1.82, 2.24) is 0 Å². The average Bonchev–Trinajstić information content (AvgIpc) is 2.31. The second kappa shape index (κ2) is 5.40. The van der Waals surface area contributed by atoms with Gasteiger partial charge in [-0.2, -0.15) is 0 Å². The van der Waals surface area contributed by atoms with E-state index in [9.17, 15) is 4.39 Å². The normalized spacial score (nSPS) is 10.4. The first kappa shape index (κ1) is 12.9. The molecular weight excluding hydrogens is 249 g/mol. The molecule has 2 aromatic rings. The molecule has 1 N–H and O–H groups in total. The van der Waals surface area contributed by atoms with Crippen LogP contribution in [0.15, 0.2) is 36.4 Å². The third-order valence-electron chi connectivity index (χ3n) is 3.03. The Morgan fingerprint density at radius 1 is 1.11 bits per heavy atom. The van der Waals surface area contributed by atoms with Gasteiger partial charge in [-0.15, -0.1) is 0 Å². The third kappa shape index (κ3) is 2.82. The maximum Gasteiger partial charge on any atom is 0.124 e. The predicted molar refractivity (Wildman–Crippen MR) is 74.7 cm³/mol. The molecule has 0 aliphatic rings. The highest BCUT2D eigenvalue weighted by molar-refractivity contribution is 6.33. The summed E-state index contributed by atoms with van der Waals surface area (Å²) in [6, 6.07) is 10.6. The SMILES string of the molecule is Cc1cccc(C)c1CNc1ccc(F)cc1Cl. The van der Waals surface area contributed by atoms with Crippen molar-refractivity contribution in [2.45, 2.75) is 20.4 Å². The van der Waals surface area contributed by atoms with Crippen molar-refractivity contribution in [3.63, 3.8) is 0 Å². The molecule has 0 fully saturated rings. The fourth-order valence-electron chi connectivity index (χ4n) is 1.94. The van der Waals surface area contributed by atoms with Crippen molar-refractivity contribution in [2.24, 2.45) is 0 Å². The van der Waals surface area contributed by atoms with Gasteiger partial charge < -0.3 is 5.32 Å². The first-order valence-corrected chi connectivity index (χ1v) is 6.20. The van der Waals surface area contributed by atoms with Crippen molar-refractivity contribution < 1.29 is 4.39 Å². The van der Waals surface area contributed by atoms with Crippen molar-refractivity contribution in [3.05, 3.63) is 63.9 Å². The minimum atomic E-state index is -0.322. The Balaban J connectivity index is 2.16. The van der Waals surface area contributed by atoms with E-state index < -0.39 is 0 Å². The lowest BCUT2D eigenvalue weighted by molar-refractivity contribution is 0.628. The summed E-state index contributed by atoms with van der Waals surface area (Å²) in [5.74, 6) is -0.322. The number of hydrogen-bond acceptors (Lipinski definition) is 1. The quantitative estimate of drug-likeness (QED) is 0.846. The van der Waals surface area contributed by atoms with E-state index in [0.717, 1.165) is 5.69 Å². The van der Waals surface area contributed by atoms with E-state index in [1.807, 2.05) is 6.07 Å². The number of halogens is 2. The van der Waals surface area contributed by atoms with Gasteiger partial charge in [0.25, 0.3) is 0 Å². The zero-order valence-electron chi connectivity index (χ0n) is 10.4. The summed E-state index contributed by atoms with van der Waals surface area (Å²) in [5.41, 5.74) is 4.47. The van der Waals surface area contributed by atoms with Crippen molar-refractivity contribution in [1.29, 1.82) is 0 Å². The fourth-order valence-corrected chi connectivity index (χ4v) is 2.18. The molecule has 1 nitrogen and oxygen atoms in total. The van der Waals surface area contributed by atoms with E-state index in [1.165, 1.54) is 28.8 Å². The van der Waals surface area contributed by atoms with Crippen LogP contribution in [0.5, 0.6) is 0 Å². The molecule has 0 spiro atoms. The van der Waals surface area contributed by atoms with Crippen LogP contribution < -0.4 is 5.32 Å². The zero-order valence-corrected chi connectivity index (χ0v) is 11.2. The van der Waals surface area contributed by atoms with Gasteiger partial charge >= 0.3 is 0 Å². The lowest BCUT2D eigenvalue weighted by Gasteiger charge is -2.12. The molecule has 0 aliphatic carbocycles. The topological polar surface area (TPSA) is 12.0 Å². The van der Waals surface area contributed by atoms with E-state index in [1.54, 1.807) is 6.07 Å². The van der Waals surface area contributed by atoms with Gasteiger partial charge in [0.1, 0.15) is 5.82 Å². The van der Waals surface area contributed by atoms with E-state index in [0.29, 0.717) is 11.6 Å². The van der Waals surface area contributed by atoms with E-state index >= 15 is 0 Å². The summed E-state index contributed by atoms with van der Waals surface area (Å²) in [6.07, 6.45) is 0. The van der Waals surface area contributed by atoms with Crippen molar-refractivity contribution in [2.75, 3.05) is 5.32 Å². The average molecular weight is 264 g/mol. The monoisotopic (exact) mass is 263 g/mol. The first-order chi connectivity index (χ1) is 8.58. The summed E-state index contributed by atoms with van der Waals surface area (Å²) in [4.78, 5) is 0. The molecule has 94 valence electrons. The van der Waals surface area contributed by atoms with Gasteiger partial charge in [0.15, 0.2) is 0 Å². The molecule has 18 heavy (non-hydrogen) atoms. The zero-order chi connectivity index (χ0) is 13.1. The highest BCUT2D eigenvalue weighted by Crippen LogP contribution is 2.24. The van der Waals surface area contributed by atoms with Crippen LogP contribution >= 0.6 is 11.6 Å². The largest absolute Gasteiger partial charge is 0.380 e. The lowest BCUT2D eigenvalue weighted by atomic mass is 10.0. The molecule has 0 saturated carbocycles. The molecule has 0 atom stereocenters. The van der Waals surface area contributed by atoms with Crippen LogP contribution in [0.1, 0.15) is 16.7 Å². The van der Waals surface area contributed by atoms with Crippen molar-refractivity contribution in [3.8, 4) is 0 Å². The summed E-state index contributed by atoms with van der Waals surface area (Å²) in [6.45, 7) is 4.84. The highest BCUT2D eigenvalue weighted by atomic mass is 35.5. The standard InChI is InChI=1S/C15H15ClFN/c1-10-4-3-5-11(2)13(10)9-18-15-7-6-12(17)8-14(15)16/h3-8,18H,9H2,1-2H3. The van der Waals surface area contributed by atoms with E-state index in [-0.39, 0.29) is 5.82 Å².